The number of rotatable bonds is 7. The average Bonchev–Trinajstić information content (AvgIpc) is 3.16. The lowest BCUT2D eigenvalue weighted by Gasteiger charge is -2.05. The second-order valence-corrected chi connectivity index (χ2v) is 9.77. The van der Waals surface area contributed by atoms with Crippen molar-refractivity contribution in [2.45, 2.75) is 17.7 Å². The fourth-order valence-corrected chi connectivity index (χ4v) is 6.11. The Morgan fingerprint density at radius 2 is 2.04 bits per heavy atom. The Bertz CT molecular complexity index is 1080. The molecule has 0 saturated carbocycles. The van der Waals surface area contributed by atoms with Gasteiger partial charge in [-0.3, -0.25) is 0 Å². The molecule has 0 aliphatic rings. The van der Waals surface area contributed by atoms with Gasteiger partial charge in [-0.2, -0.15) is 8.42 Å². The molecule has 0 atom stereocenters. The van der Waals surface area contributed by atoms with Gasteiger partial charge in [0, 0.05) is 13.7 Å². The van der Waals surface area contributed by atoms with Crippen LogP contribution in [0.2, 0.25) is 4.34 Å². The molecule has 0 radical (unpaired) electrons. The van der Waals surface area contributed by atoms with Crippen molar-refractivity contribution in [3.63, 3.8) is 0 Å². The van der Waals surface area contributed by atoms with Gasteiger partial charge in [0.2, 0.25) is 4.80 Å². The Balaban J connectivity index is 2.16. The molecule has 0 aliphatic carbocycles. The maximum absolute atomic E-state index is 12.6. The number of methoxy groups -OCH3 is 1. The summed E-state index contributed by atoms with van der Waals surface area (Å²) in [5.74, 6) is 0.736. The van der Waals surface area contributed by atoms with Crippen LogP contribution in [0.1, 0.15) is 6.92 Å². The predicted octanol–water partition coefficient (Wildman–Crippen LogP) is 3.75. The Morgan fingerprint density at radius 3 is 2.69 bits per heavy atom. The van der Waals surface area contributed by atoms with Crippen LogP contribution in [-0.2, 0) is 21.3 Å². The minimum Gasteiger partial charge on any atom is -0.494 e. The lowest BCUT2D eigenvalue weighted by molar-refractivity contribution is 0.187. The van der Waals surface area contributed by atoms with Crippen LogP contribution in [-0.4, -0.2) is 33.3 Å². The summed E-state index contributed by atoms with van der Waals surface area (Å²) in [6.45, 7) is 3.41. The molecule has 26 heavy (non-hydrogen) atoms. The molecule has 0 bridgehead atoms. The third-order valence-electron chi connectivity index (χ3n) is 3.49. The first-order valence-electron chi connectivity index (χ1n) is 7.76. The summed E-state index contributed by atoms with van der Waals surface area (Å²) in [4.78, 5) is 0.384. The lowest BCUT2D eigenvalue weighted by atomic mass is 10.3. The zero-order valence-corrected chi connectivity index (χ0v) is 17.3. The largest absolute Gasteiger partial charge is 0.494 e. The maximum atomic E-state index is 12.6. The summed E-state index contributed by atoms with van der Waals surface area (Å²) in [5.41, 5.74) is 0.883. The Hall–Kier alpha value is -1.39. The van der Waals surface area contributed by atoms with Gasteiger partial charge in [0.05, 0.1) is 27.8 Å². The van der Waals surface area contributed by atoms with Gasteiger partial charge in [0.15, 0.2) is 0 Å². The second kappa shape index (κ2) is 8.10. The van der Waals surface area contributed by atoms with E-state index >= 15 is 0 Å². The topological polar surface area (TPSA) is 69.9 Å². The van der Waals surface area contributed by atoms with E-state index in [1.54, 1.807) is 13.2 Å². The molecule has 0 amide bonds. The standard InChI is InChI=1S/C16H17ClN2O4S3/c1-3-23-11-4-5-12-13(10-11)24-16(19(12)8-9-22-2)18-26(20,21)15-7-6-14(17)25-15/h4-7,10H,3,8-9H2,1-2H3. The van der Waals surface area contributed by atoms with E-state index in [1.165, 1.54) is 17.4 Å². The van der Waals surface area contributed by atoms with Crippen molar-refractivity contribution in [3.05, 3.63) is 39.5 Å². The molecule has 0 spiro atoms. The molecule has 3 rings (SSSR count). The monoisotopic (exact) mass is 432 g/mol. The molecule has 0 saturated heterocycles. The number of sulfonamides is 1. The number of fused-ring (bicyclic) bond motifs is 1. The van der Waals surface area contributed by atoms with Gasteiger partial charge in [-0.15, -0.1) is 15.7 Å². The lowest BCUT2D eigenvalue weighted by Crippen LogP contribution is -2.19. The average molecular weight is 433 g/mol. The molecular weight excluding hydrogens is 416 g/mol. The van der Waals surface area contributed by atoms with Crippen molar-refractivity contribution in [3.8, 4) is 5.75 Å². The summed E-state index contributed by atoms with van der Waals surface area (Å²) in [6, 6.07) is 8.67. The van der Waals surface area contributed by atoms with E-state index in [9.17, 15) is 8.42 Å². The van der Waals surface area contributed by atoms with Gasteiger partial charge >= 0.3 is 0 Å². The predicted molar refractivity (Wildman–Crippen MR) is 105 cm³/mol. The van der Waals surface area contributed by atoms with Gasteiger partial charge in [0.1, 0.15) is 9.96 Å². The molecule has 2 aromatic heterocycles. The smallest absolute Gasteiger partial charge is 0.294 e. The Kier molecular flexibility index (Phi) is 6.03. The zero-order chi connectivity index (χ0) is 18.7. The van der Waals surface area contributed by atoms with Crippen LogP contribution < -0.4 is 9.54 Å². The quantitative estimate of drug-likeness (QED) is 0.570. The van der Waals surface area contributed by atoms with E-state index < -0.39 is 10.0 Å². The van der Waals surface area contributed by atoms with E-state index in [0.29, 0.717) is 28.9 Å². The van der Waals surface area contributed by atoms with Crippen LogP contribution in [0.5, 0.6) is 5.75 Å². The van der Waals surface area contributed by atoms with Crippen molar-refractivity contribution in [1.29, 1.82) is 0 Å². The number of thiazole rings is 1. The molecule has 0 N–H and O–H groups in total. The third-order valence-corrected chi connectivity index (χ3v) is 7.61. The highest BCUT2D eigenvalue weighted by atomic mass is 35.5. The zero-order valence-electron chi connectivity index (χ0n) is 14.1. The molecule has 140 valence electrons. The van der Waals surface area contributed by atoms with Crippen LogP contribution in [0, 0.1) is 0 Å². The van der Waals surface area contributed by atoms with Crippen LogP contribution in [0.15, 0.2) is 38.9 Å². The van der Waals surface area contributed by atoms with Crippen molar-refractivity contribution >= 4 is 54.5 Å². The second-order valence-electron chi connectivity index (χ2n) is 5.22. The molecule has 0 unspecified atom stereocenters. The fourth-order valence-electron chi connectivity index (χ4n) is 2.36. The van der Waals surface area contributed by atoms with Gasteiger partial charge < -0.3 is 14.0 Å². The van der Waals surface area contributed by atoms with Gasteiger partial charge in [0.25, 0.3) is 10.0 Å². The summed E-state index contributed by atoms with van der Waals surface area (Å²) >= 11 is 8.14. The Labute approximate surface area is 164 Å². The van der Waals surface area contributed by atoms with Crippen LogP contribution >= 0.6 is 34.3 Å². The maximum Gasteiger partial charge on any atom is 0.294 e. The van der Waals surface area contributed by atoms with Crippen molar-refractivity contribution in [2.24, 2.45) is 4.40 Å². The van der Waals surface area contributed by atoms with Gasteiger partial charge in [-0.1, -0.05) is 22.9 Å². The summed E-state index contributed by atoms with van der Waals surface area (Å²) in [6.07, 6.45) is 0. The van der Waals surface area contributed by atoms with E-state index in [2.05, 4.69) is 4.40 Å². The molecule has 1 aromatic carbocycles. The Morgan fingerprint density at radius 1 is 1.23 bits per heavy atom. The highest BCUT2D eigenvalue weighted by Crippen LogP contribution is 2.28. The number of halogens is 1. The van der Waals surface area contributed by atoms with Gasteiger partial charge in [-0.05, 0) is 37.3 Å². The summed E-state index contributed by atoms with van der Waals surface area (Å²) in [7, 11) is -2.23. The number of nitrogens with zero attached hydrogens (tertiary/aromatic N) is 2. The number of thiophene rings is 1. The molecule has 2 heterocycles. The number of hydrogen-bond acceptors (Lipinski definition) is 6. The van der Waals surface area contributed by atoms with E-state index in [0.717, 1.165) is 27.3 Å². The minimum absolute atomic E-state index is 0.119. The van der Waals surface area contributed by atoms with E-state index in [4.69, 9.17) is 21.1 Å². The van der Waals surface area contributed by atoms with Crippen molar-refractivity contribution < 1.29 is 17.9 Å². The summed E-state index contributed by atoms with van der Waals surface area (Å²) < 4.78 is 43.2. The normalized spacial score (nSPS) is 12.8. The number of aromatic nitrogens is 1. The van der Waals surface area contributed by atoms with E-state index in [-0.39, 0.29) is 4.21 Å². The first kappa shape index (κ1) is 19.4. The first-order valence-corrected chi connectivity index (χ1v) is 11.2. The first-order chi connectivity index (χ1) is 12.4. The van der Waals surface area contributed by atoms with E-state index in [1.807, 2.05) is 29.7 Å². The SMILES string of the molecule is CCOc1ccc2c(c1)sc(=NS(=O)(=O)c1ccc(Cl)s1)n2CCOC. The number of ether oxygens (including phenoxy) is 2. The highest BCUT2D eigenvalue weighted by Gasteiger charge is 2.17. The summed E-state index contributed by atoms with van der Waals surface area (Å²) in [5, 5.41) is 0. The third kappa shape index (κ3) is 4.12. The molecular formula is C16H17ClN2O4S3. The molecule has 10 heteroatoms. The minimum atomic E-state index is -3.83. The molecule has 0 fully saturated rings. The van der Waals surface area contributed by atoms with Crippen molar-refractivity contribution in [1.82, 2.24) is 4.57 Å². The van der Waals surface area contributed by atoms with Gasteiger partial charge in [-0.25, -0.2) is 0 Å². The molecule has 0 aliphatic heterocycles. The number of hydrogen-bond donors (Lipinski definition) is 0. The molecule has 3 aromatic rings. The van der Waals surface area contributed by atoms with Crippen molar-refractivity contribution in [2.75, 3.05) is 20.3 Å². The van der Waals surface area contributed by atoms with Crippen LogP contribution in [0.4, 0.5) is 0 Å². The van der Waals surface area contributed by atoms with Crippen LogP contribution in [0.25, 0.3) is 10.2 Å². The molecule has 6 nitrogen and oxygen atoms in total. The fraction of sp³-hybridized carbons (Fsp3) is 0.312. The number of benzene rings is 1. The van der Waals surface area contributed by atoms with Crippen LogP contribution in [0.3, 0.4) is 0 Å². The highest BCUT2D eigenvalue weighted by molar-refractivity contribution is 7.92.